The molecular formula is C22H15. The summed E-state index contributed by atoms with van der Waals surface area (Å²) in [5.41, 5.74) is 9.72. The van der Waals surface area contributed by atoms with Crippen LogP contribution in [0.3, 0.4) is 0 Å². The first-order valence-corrected chi connectivity index (χ1v) is 7.80. The molecule has 2 aliphatic rings. The van der Waals surface area contributed by atoms with Crippen LogP contribution in [0.15, 0.2) is 66.7 Å². The molecular weight excluding hydrogens is 264 g/mol. The topological polar surface area (TPSA) is 0 Å². The van der Waals surface area contributed by atoms with E-state index in [1.165, 1.54) is 38.9 Å². The van der Waals surface area contributed by atoms with Gasteiger partial charge in [-0.05, 0) is 57.5 Å². The summed E-state index contributed by atoms with van der Waals surface area (Å²) in [6.07, 6.45) is 5.57. The Morgan fingerprint density at radius 2 is 1.82 bits per heavy atom. The van der Waals surface area contributed by atoms with Crippen LogP contribution in [0.1, 0.15) is 33.7 Å². The summed E-state index contributed by atoms with van der Waals surface area (Å²) in [6.45, 7) is 0. The third kappa shape index (κ3) is 1.58. The van der Waals surface area contributed by atoms with Crippen molar-refractivity contribution in [3.63, 3.8) is 0 Å². The van der Waals surface area contributed by atoms with Gasteiger partial charge in [0.2, 0.25) is 0 Å². The minimum atomic E-state index is 0.347. The maximum atomic E-state index is 3.24. The van der Waals surface area contributed by atoms with Crippen LogP contribution in [-0.4, -0.2) is 0 Å². The minimum absolute atomic E-state index is 0.347. The van der Waals surface area contributed by atoms with Gasteiger partial charge in [-0.2, -0.15) is 0 Å². The Hall–Kier alpha value is -2.60. The SMILES string of the molecule is [c]1ccc2c(c1)-c1ccccc1C2c1ccc2c(c1)C=CC2. The van der Waals surface area contributed by atoms with Gasteiger partial charge in [0.05, 0.1) is 0 Å². The average molecular weight is 279 g/mol. The zero-order valence-electron chi connectivity index (χ0n) is 12.2. The van der Waals surface area contributed by atoms with Gasteiger partial charge in [-0.3, -0.25) is 0 Å². The first-order chi connectivity index (χ1) is 10.9. The highest BCUT2D eigenvalue weighted by Gasteiger charge is 2.29. The molecule has 0 aliphatic heterocycles. The molecule has 22 heavy (non-hydrogen) atoms. The first-order valence-electron chi connectivity index (χ1n) is 7.80. The standard InChI is InChI=1S/C22H15/c1-3-10-20-18(8-1)19-9-2-4-11-21(19)22(20)17-13-12-15-6-5-7-16(15)14-17/h1,3-5,7-14,22H,6H2. The lowest BCUT2D eigenvalue weighted by Gasteiger charge is -2.15. The maximum Gasteiger partial charge on any atom is 0.0352 e. The molecule has 3 aromatic carbocycles. The fourth-order valence-electron chi connectivity index (χ4n) is 3.89. The molecule has 0 fully saturated rings. The molecule has 0 saturated carbocycles. The Bertz CT molecular complexity index is 869. The lowest BCUT2D eigenvalue weighted by atomic mass is 9.88. The first kappa shape index (κ1) is 12.0. The molecule has 0 spiro atoms. The molecule has 0 saturated heterocycles. The fraction of sp³-hybridized carbons (Fsp3) is 0.0909. The van der Waals surface area contributed by atoms with Crippen LogP contribution in [0.2, 0.25) is 0 Å². The van der Waals surface area contributed by atoms with Gasteiger partial charge in [-0.25, -0.2) is 0 Å². The Labute approximate surface area is 130 Å². The molecule has 103 valence electrons. The van der Waals surface area contributed by atoms with Crippen molar-refractivity contribution in [3.8, 4) is 11.1 Å². The summed E-state index contributed by atoms with van der Waals surface area (Å²) < 4.78 is 0. The van der Waals surface area contributed by atoms with Gasteiger partial charge in [0.1, 0.15) is 0 Å². The van der Waals surface area contributed by atoms with Gasteiger partial charge in [0.15, 0.2) is 0 Å². The number of rotatable bonds is 1. The molecule has 3 aromatic rings. The zero-order chi connectivity index (χ0) is 14.5. The molecule has 1 atom stereocenters. The fourth-order valence-corrected chi connectivity index (χ4v) is 3.89. The maximum absolute atomic E-state index is 3.24. The molecule has 0 aromatic heterocycles. The quantitative estimate of drug-likeness (QED) is 0.448. The summed E-state index contributed by atoms with van der Waals surface area (Å²) in [4.78, 5) is 0. The Morgan fingerprint density at radius 1 is 0.909 bits per heavy atom. The second-order valence-electron chi connectivity index (χ2n) is 6.10. The number of benzene rings is 3. The molecule has 5 rings (SSSR count). The molecule has 0 heteroatoms. The highest BCUT2D eigenvalue weighted by atomic mass is 14.3. The summed E-state index contributed by atoms with van der Waals surface area (Å²) in [5, 5.41) is 0. The van der Waals surface area contributed by atoms with Crippen molar-refractivity contribution in [2.24, 2.45) is 0 Å². The molecule has 0 nitrogen and oxygen atoms in total. The van der Waals surface area contributed by atoms with Gasteiger partial charge in [-0.1, -0.05) is 66.7 Å². The largest absolute Gasteiger partial charge is 0.0795 e. The Balaban J connectivity index is 1.76. The predicted octanol–water partition coefficient (Wildman–Crippen LogP) is 5.22. The van der Waals surface area contributed by atoms with E-state index >= 15 is 0 Å². The van der Waals surface area contributed by atoms with Crippen LogP contribution in [-0.2, 0) is 6.42 Å². The molecule has 1 radical (unpaired) electrons. The van der Waals surface area contributed by atoms with Crippen molar-refractivity contribution in [1.29, 1.82) is 0 Å². The molecule has 1 unspecified atom stereocenters. The number of hydrogen-bond acceptors (Lipinski definition) is 0. The van der Waals surface area contributed by atoms with Gasteiger partial charge in [0, 0.05) is 5.92 Å². The highest BCUT2D eigenvalue weighted by molar-refractivity contribution is 5.80. The van der Waals surface area contributed by atoms with Gasteiger partial charge in [0.25, 0.3) is 0 Å². The third-order valence-corrected chi connectivity index (χ3v) is 4.91. The van der Waals surface area contributed by atoms with Crippen LogP contribution in [0.5, 0.6) is 0 Å². The second kappa shape index (κ2) is 4.45. The van der Waals surface area contributed by atoms with E-state index in [-0.39, 0.29) is 0 Å². The normalized spacial score (nSPS) is 14.7. The predicted molar refractivity (Wildman–Crippen MR) is 90.8 cm³/mol. The van der Waals surface area contributed by atoms with E-state index in [1.54, 1.807) is 0 Å². The minimum Gasteiger partial charge on any atom is -0.0795 e. The van der Waals surface area contributed by atoms with Crippen molar-refractivity contribution in [3.05, 3.63) is 101 Å². The average Bonchev–Trinajstić information content (AvgIpc) is 3.16. The summed E-state index contributed by atoms with van der Waals surface area (Å²) in [6, 6.07) is 25.4. The number of hydrogen-bond donors (Lipinski definition) is 0. The molecule has 0 bridgehead atoms. The highest BCUT2D eigenvalue weighted by Crippen LogP contribution is 2.48. The Kier molecular flexibility index (Phi) is 2.42. The van der Waals surface area contributed by atoms with Gasteiger partial charge in [-0.15, -0.1) is 0 Å². The van der Waals surface area contributed by atoms with Crippen molar-refractivity contribution in [1.82, 2.24) is 0 Å². The number of allylic oxidation sites excluding steroid dienone is 1. The summed E-state index contributed by atoms with van der Waals surface area (Å²) >= 11 is 0. The van der Waals surface area contributed by atoms with E-state index in [2.05, 4.69) is 72.8 Å². The van der Waals surface area contributed by atoms with Gasteiger partial charge < -0.3 is 0 Å². The lowest BCUT2D eigenvalue weighted by molar-refractivity contribution is 1.01. The van der Waals surface area contributed by atoms with E-state index in [4.69, 9.17) is 0 Å². The van der Waals surface area contributed by atoms with E-state index in [0.717, 1.165) is 6.42 Å². The second-order valence-corrected chi connectivity index (χ2v) is 6.10. The van der Waals surface area contributed by atoms with Crippen LogP contribution in [0, 0.1) is 6.07 Å². The van der Waals surface area contributed by atoms with Crippen molar-refractivity contribution in [2.75, 3.05) is 0 Å². The zero-order valence-corrected chi connectivity index (χ0v) is 12.2. The van der Waals surface area contributed by atoms with E-state index in [0.29, 0.717) is 5.92 Å². The summed E-state index contributed by atoms with van der Waals surface area (Å²) in [7, 11) is 0. The molecule has 0 N–H and O–H groups in total. The Morgan fingerprint density at radius 3 is 2.82 bits per heavy atom. The monoisotopic (exact) mass is 279 g/mol. The van der Waals surface area contributed by atoms with Crippen LogP contribution >= 0.6 is 0 Å². The van der Waals surface area contributed by atoms with Crippen molar-refractivity contribution >= 4 is 6.08 Å². The van der Waals surface area contributed by atoms with Crippen LogP contribution < -0.4 is 0 Å². The lowest BCUT2D eigenvalue weighted by Crippen LogP contribution is -2.00. The third-order valence-electron chi connectivity index (χ3n) is 4.91. The van der Waals surface area contributed by atoms with Gasteiger partial charge >= 0.3 is 0 Å². The van der Waals surface area contributed by atoms with E-state index in [1.807, 2.05) is 6.07 Å². The van der Waals surface area contributed by atoms with Crippen LogP contribution in [0.25, 0.3) is 17.2 Å². The molecule has 0 amide bonds. The summed E-state index contributed by atoms with van der Waals surface area (Å²) in [5.74, 6) is 0.347. The van der Waals surface area contributed by atoms with E-state index < -0.39 is 0 Å². The van der Waals surface area contributed by atoms with Crippen LogP contribution in [0.4, 0.5) is 0 Å². The number of fused-ring (bicyclic) bond motifs is 4. The molecule has 0 heterocycles. The molecule has 2 aliphatic carbocycles. The van der Waals surface area contributed by atoms with E-state index in [9.17, 15) is 0 Å². The van der Waals surface area contributed by atoms with Crippen molar-refractivity contribution < 1.29 is 0 Å². The smallest absolute Gasteiger partial charge is 0.0352 e. The van der Waals surface area contributed by atoms with Crippen molar-refractivity contribution in [2.45, 2.75) is 12.3 Å².